The van der Waals surface area contributed by atoms with Crippen molar-refractivity contribution in [2.45, 2.75) is 102 Å². The zero-order valence-electron chi connectivity index (χ0n) is 19.6. The summed E-state index contributed by atoms with van der Waals surface area (Å²) in [5.74, 6) is 1.46. The van der Waals surface area contributed by atoms with Crippen molar-refractivity contribution in [2.24, 2.45) is 34.5 Å². The zero-order chi connectivity index (χ0) is 22.1. The van der Waals surface area contributed by atoms with Crippen molar-refractivity contribution < 1.29 is 19.4 Å². The lowest BCUT2D eigenvalue weighted by Crippen LogP contribution is -2.60. The van der Waals surface area contributed by atoms with Crippen molar-refractivity contribution in [3.05, 3.63) is 29.5 Å². The number of allylic oxidation sites excluding steroid dienone is 3. The Kier molecular flexibility index (Phi) is 4.94. The van der Waals surface area contributed by atoms with Gasteiger partial charge in [0.2, 0.25) is 0 Å². The molecule has 4 heteroatoms. The van der Waals surface area contributed by atoms with Crippen LogP contribution in [0.15, 0.2) is 29.5 Å². The third-order valence-corrected chi connectivity index (χ3v) is 10.7. The van der Waals surface area contributed by atoms with Gasteiger partial charge in [-0.1, -0.05) is 45.3 Å². The highest BCUT2D eigenvalue weighted by molar-refractivity contribution is 5.53. The number of hydrogen-bond donors (Lipinski definition) is 1. The molecule has 4 saturated carbocycles. The van der Waals surface area contributed by atoms with Crippen molar-refractivity contribution in [3.8, 4) is 0 Å². The van der Waals surface area contributed by atoms with Gasteiger partial charge in [-0.05, 0) is 62.0 Å². The van der Waals surface area contributed by atoms with Crippen molar-refractivity contribution >= 4 is 6.29 Å². The van der Waals surface area contributed by atoms with E-state index in [2.05, 4.69) is 31.7 Å². The Hall–Kier alpha value is -1.19. The van der Waals surface area contributed by atoms with E-state index in [0.717, 1.165) is 38.4 Å². The first-order chi connectivity index (χ1) is 15.4. The van der Waals surface area contributed by atoms with Crippen LogP contribution < -0.4 is 0 Å². The molecule has 0 spiro atoms. The van der Waals surface area contributed by atoms with Gasteiger partial charge in [0.25, 0.3) is 0 Å². The molecule has 6 rings (SSSR count). The van der Waals surface area contributed by atoms with Gasteiger partial charge in [0.1, 0.15) is 11.9 Å². The second-order valence-corrected chi connectivity index (χ2v) is 12.0. The number of aliphatic hydroxyl groups is 1. The van der Waals surface area contributed by atoms with E-state index in [1.165, 1.54) is 24.8 Å². The Morgan fingerprint density at radius 1 is 1.22 bits per heavy atom. The molecule has 32 heavy (non-hydrogen) atoms. The van der Waals surface area contributed by atoms with E-state index in [9.17, 15) is 9.90 Å². The number of aldehydes is 1. The monoisotopic (exact) mass is 438 g/mol. The summed E-state index contributed by atoms with van der Waals surface area (Å²) in [6, 6.07) is 0. The molecule has 0 aromatic carbocycles. The van der Waals surface area contributed by atoms with E-state index >= 15 is 0 Å². The van der Waals surface area contributed by atoms with Gasteiger partial charge < -0.3 is 19.4 Å². The molecule has 0 bridgehead atoms. The van der Waals surface area contributed by atoms with E-state index in [-0.39, 0.29) is 29.1 Å². The normalized spacial score (nSPS) is 52.0. The van der Waals surface area contributed by atoms with Gasteiger partial charge in [-0.25, -0.2) is 0 Å². The fourth-order valence-corrected chi connectivity index (χ4v) is 9.20. The zero-order valence-corrected chi connectivity index (χ0v) is 19.6. The van der Waals surface area contributed by atoms with Gasteiger partial charge >= 0.3 is 0 Å². The summed E-state index contributed by atoms with van der Waals surface area (Å²) in [7, 11) is 0. The topological polar surface area (TPSA) is 55.8 Å². The molecule has 5 fully saturated rings. The minimum atomic E-state index is -0.590. The van der Waals surface area contributed by atoms with Crippen LogP contribution in [0.1, 0.15) is 78.1 Å². The minimum absolute atomic E-state index is 0.0351. The van der Waals surface area contributed by atoms with Crippen LogP contribution in [0.2, 0.25) is 0 Å². The number of ether oxygens (including phenoxy) is 2. The molecule has 0 amide bonds. The van der Waals surface area contributed by atoms with Gasteiger partial charge in [-0.15, -0.1) is 5.73 Å². The molecule has 6 aliphatic rings. The summed E-state index contributed by atoms with van der Waals surface area (Å²) >= 11 is 0. The van der Waals surface area contributed by atoms with Crippen LogP contribution in [-0.4, -0.2) is 35.5 Å². The van der Waals surface area contributed by atoms with Crippen LogP contribution in [0.5, 0.6) is 0 Å². The summed E-state index contributed by atoms with van der Waals surface area (Å²) < 4.78 is 13.6. The van der Waals surface area contributed by atoms with E-state index in [0.29, 0.717) is 30.6 Å². The van der Waals surface area contributed by atoms with Crippen molar-refractivity contribution in [1.82, 2.24) is 0 Å². The standard InChI is InChI=1S/C28H38O4/c1-26-13-7-6-10-19(26)11-12-20-21-16-23-28(14-15-29,27(21,2)17-22(30)24(20)26)32-25(31-23)18-8-4-3-5-9-18/h6-7,13,15,18,20-25,30H,3-5,8-9,11-12,14,16-17H2,1-2H3/t20-,21-,22-,23-,24+,25+,26-,27-,28+/m0/s1. The minimum Gasteiger partial charge on any atom is -0.393 e. The average Bonchev–Trinajstić information content (AvgIpc) is 3.26. The summed E-state index contributed by atoms with van der Waals surface area (Å²) in [6.07, 6.45) is 17.1. The third kappa shape index (κ3) is 2.70. The third-order valence-electron chi connectivity index (χ3n) is 10.7. The smallest absolute Gasteiger partial charge is 0.161 e. The van der Waals surface area contributed by atoms with Gasteiger partial charge in [0.15, 0.2) is 6.29 Å². The Morgan fingerprint density at radius 2 is 2.03 bits per heavy atom. The fraction of sp³-hybridized carbons (Fsp3) is 0.786. The van der Waals surface area contributed by atoms with E-state index in [4.69, 9.17) is 9.47 Å². The van der Waals surface area contributed by atoms with Gasteiger partial charge in [-0.3, -0.25) is 0 Å². The van der Waals surface area contributed by atoms with Crippen LogP contribution in [0.4, 0.5) is 0 Å². The maximum atomic E-state index is 12.0. The molecule has 4 nitrogen and oxygen atoms in total. The first kappa shape index (κ1) is 21.4. The molecule has 1 heterocycles. The van der Waals surface area contributed by atoms with Gasteiger partial charge in [0.05, 0.1) is 12.2 Å². The number of rotatable bonds is 3. The van der Waals surface area contributed by atoms with Crippen molar-refractivity contribution in [2.75, 3.05) is 0 Å². The Balaban J connectivity index is 1.35. The fourth-order valence-electron chi connectivity index (χ4n) is 9.20. The van der Waals surface area contributed by atoms with Crippen LogP contribution in [0.25, 0.3) is 0 Å². The summed E-state index contributed by atoms with van der Waals surface area (Å²) in [5.41, 5.74) is 3.88. The Labute approximate surface area is 192 Å². The predicted octanol–water partition coefficient (Wildman–Crippen LogP) is 5.11. The first-order valence-corrected chi connectivity index (χ1v) is 13.0. The second kappa shape index (κ2) is 7.40. The van der Waals surface area contributed by atoms with Crippen molar-refractivity contribution in [3.63, 3.8) is 0 Å². The molecular formula is C28H38O4. The molecule has 5 aliphatic carbocycles. The lowest BCUT2D eigenvalue weighted by molar-refractivity contribution is -0.208. The summed E-state index contributed by atoms with van der Waals surface area (Å²) in [5, 5.41) is 11.7. The molecule has 9 atom stereocenters. The molecule has 0 radical (unpaired) electrons. The van der Waals surface area contributed by atoms with E-state index in [1.807, 2.05) is 6.08 Å². The molecule has 0 unspecified atom stereocenters. The Bertz CT molecular complexity index is 880. The molecular weight excluding hydrogens is 400 g/mol. The SMILES string of the molecule is C[C@]12C=CC=C=C1CC[C@@H]1[C@@H]2[C@@H](O)C[C@@]2(C)[C@H]1C[C@@H]1O[C@@H](C3CCCCC3)O[C@]12CC=O. The first-order valence-electron chi connectivity index (χ1n) is 13.0. The highest BCUT2D eigenvalue weighted by Gasteiger charge is 2.73. The average molecular weight is 439 g/mol. The van der Waals surface area contributed by atoms with E-state index in [1.54, 1.807) is 0 Å². The molecule has 1 N–H and O–H groups in total. The van der Waals surface area contributed by atoms with Crippen LogP contribution in [0.3, 0.4) is 0 Å². The lowest BCUT2D eigenvalue weighted by Gasteiger charge is -2.59. The maximum Gasteiger partial charge on any atom is 0.161 e. The summed E-state index contributed by atoms with van der Waals surface area (Å²) in [6.45, 7) is 4.60. The predicted molar refractivity (Wildman–Crippen MR) is 122 cm³/mol. The van der Waals surface area contributed by atoms with Crippen LogP contribution >= 0.6 is 0 Å². The number of hydrogen-bond acceptors (Lipinski definition) is 4. The number of carbonyl (C=O) groups is 1. The molecule has 1 saturated heterocycles. The number of aliphatic hydroxyl groups excluding tert-OH is 1. The summed E-state index contributed by atoms with van der Waals surface area (Å²) in [4.78, 5) is 12.0. The highest BCUT2D eigenvalue weighted by atomic mass is 16.7. The number of carbonyl (C=O) groups excluding carboxylic acids is 1. The molecule has 1 aliphatic heterocycles. The second-order valence-electron chi connectivity index (χ2n) is 12.0. The van der Waals surface area contributed by atoms with E-state index < -0.39 is 11.7 Å². The van der Waals surface area contributed by atoms with Crippen LogP contribution in [-0.2, 0) is 14.3 Å². The quantitative estimate of drug-likeness (QED) is 0.491. The molecule has 0 aromatic rings. The molecule has 0 aromatic heterocycles. The van der Waals surface area contributed by atoms with Crippen LogP contribution in [0, 0.1) is 34.5 Å². The Morgan fingerprint density at radius 3 is 2.81 bits per heavy atom. The molecule has 174 valence electrons. The number of fused-ring (bicyclic) bond motifs is 7. The maximum absolute atomic E-state index is 12.0. The van der Waals surface area contributed by atoms with Gasteiger partial charge in [0, 0.05) is 29.1 Å². The van der Waals surface area contributed by atoms with Gasteiger partial charge in [-0.2, -0.15) is 0 Å². The largest absolute Gasteiger partial charge is 0.393 e. The lowest BCUT2D eigenvalue weighted by atomic mass is 9.46. The highest BCUT2D eigenvalue weighted by Crippen LogP contribution is 2.70. The van der Waals surface area contributed by atoms with Crippen molar-refractivity contribution in [1.29, 1.82) is 0 Å².